The van der Waals surface area contributed by atoms with E-state index in [4.69, 9.17) is 22.1 Å². The normalized spacial score (nSPS) is 11.1. The Kier molecular flexibility index (Phi) is 4.06. The number of halogens is 1. The first-order valence-corrected chi connectivity index (χ1v) is 7.51. The Bertz CT molecular complexity index is 712. The Morgan fingerprint density at radius 3 is 2.55 bits per heavy atom. The summed E-state index contributed by atoms with van der Waals surface area (Å²) in [6.45, 7) is 0. The van der Waals surface area contributed by atoms with Gasteiger partial charge in [0.1, 0.15) is 10.6 Å². The van der Waals surface area contributed by atoms with Gasteiger partial charge >= 0.3 is 0 Å². The minimum atomic E-state index is -3.86. The molecule has 0 spiro atoms. The second kappa shape index (κ2) is 5.60. The maximum atomic E-state index is 12.3. The van der Waals surface area contributed by atoms with E-state index in [1.165, 1.54) is 19.2 Å². The summed E-state index contributed by atoms with van der Waals surface area (Å²) in [5, 5.41) is 0.0698. The van der Waals surface area contributed by atoms with Gasteiger partial charge in [0, 0.05) is 6.07 Å². The number of nitrogens with two attached hydrogens (primary N) is 1. The Labute approximate surface area is 122 Å². The maximum absolute atomic E-state index is 12.3. The van der Waals surface area contributed by atoms with E-state index < -0.39 is 10.0 Å². The van der Waals surface area contributed by atoms with Gasteiger partial charge in [-0.05, 0) is 24.3 Å². The molecule has 0 radical (unpaired) electrons. The number of hydrogen-bond acceptors (Lipinski definition) is 4. The molecular weight excluding hydrogens is 300 g/mol. The highest BCUT2D eigenvalue weighted by Gasteiger charge is 2.21. The average Bonchev–Trinajstić information content (AvgIpc) is 2.37. The van der Waals surface area contributed by atoms with Crippen LogP contribution in [0.3, 0.4) is 0 Å². The number of nitrogens with one attached hydrogen (secondary N) is 1. The van der Waals surface area contributed by atoms with Gasteiger partial charge in [-0.25, -0.2) is 8.42 Å². The maximum Gasteiger partial charge on any atom is 0.265 e. The Hall–Kier alpha value is -1.92. The van der Waals surface area contributed by atoms with Crippen LogP contribution >= 0.6 is 11.6 Å². The third-order valence-corrected chi connectivity index (χ3v) is 4.51. The van der Waals surface area contributed by atoms with Crippen LogP contribution in [0.25, 0.3) is 0 Å². The van der Waals surface area contributed by atoms with E-state index in [0.29, 0.717) is 11.4 Å². The lowest BCUT2D eigenvalue weighted by Crippen LogP contribution is -2.15. The first-order chi connectivity index (χ1) is 9.44. The van der Waals surface area contributed by atoms with Crippen molar-refractivity contribution in [2.75, 3.05) is 17.6 Å². The molecule has 5 nitrogen and oxygen atoms in total. The van der Waals surface area contributed by atoms with Crippen molar-refractivity contribution in [2.45, 2.75) is 4.90 Å². The number of benzene rings is 2. The molecule has 3 N–H and O–H groups in total. The molecule has 0 saturated heterocycles. The van der Waals surface area contributed by atoms with Crippen molar-refractivity contribution in [3.63, 3.8) is 0 Å². The quantitative estimate of drug-likeness (QED) is 0.851. The first kappa shape index (κ1) is 14.5. The first-order valence-electron chi connectivity index (χ1n) is 5.65. The van der Waals surface area contributed by atoms with Gasteiger partial charge in [0.2, 0.25) is 0 Å². The summed E-state index contributed by atoms with van der Waals surface area (Å²) in [6.07, 6.45) is 0. The molecule has 0 bridgehead atoms. The number of hydrogen-bond donors (Lipinski definition) is 2. The van der Waals surface area contributed by atoms with Crippen LogP contribution in [0.4, 0.5) is 11.4 Å². The van der Waals surface area contributed by atoms with Crippen LogP contribution in [0, 0.1) is 0 Å². The molecule has 0 aliphatic heterocycles. The summed E-state index contributed by atoms with van der Waals surface area (Å²) < 4.78 is 32.1. The molecule has 20 heavy (non-hydrogen) atoms. The van der Waals surface area contributed by atoms with Crippen LogP contribution in [0.5, 0.6) is 5.75 Å². The molecule has 2 rings (SSSR count). The third kappa shape index (κ3) is 2.97. The van der Waals surface area contributed by atoms with Gasteiger partial charge in [-0.2, -0.15) is 0 Å². The van der Waals surface area contributed by atoms with Crippen LogP contribution in [0.1, 0.15) is 0 Å². The van der Waals surface area contributed by atoms with Gasteiger partial charge < -0.3 is 10.5 Å². The summed E-state index contributed by atoms with van der Waals surface area (Å²) in [5.41, 5.74) is 6.14. The van der Waals surface area contributed by atoms with E-state index in [1.54, 1.807) is 30.3 Å². The van der Waals surface area contributed by atoms with E-state index >= 15 is 0 Å². The molecule has 0 amide bonds. The van der Waals surface area contributed by atoms with E-state index in [1.807, 2.05) is 0 Å². The zero-order chi connectivity index (χ0) is 14.8. The number of ether oxygens (including phenoxy) is 1. The summed E-state index contributed by atoms with van der Waals surface area (Å²) >= 11 is 5.91. The van der Waals surface area contributed by atoms with Crippen LogP contribution in [-0.2, 0) is 10.0 Å². The molecule has 0 unspecified atom stereocenters. The number of anilines is 2. The molecule has 2 aromatic carbocycles. The van der Waals surface area contributed by atoms with E-state index in [-0.39, 0.29) is 15.6 Å². The summed E-state index contributed by atoms with van der Waals surface area (Å²) in [4.78, 5) is -0.135. The molecule has 0 heterocycles. The van der Waals surface area contributed by atoms with Crippen molar-refractivity contribution in [2.24, 2.45) is 0 Å². The SMILES string of the molecule is COc1cccc(NS(=O)(=O)c2c(N)cccc2Cl)c1. The summed E-state index contributed by atoms with van der Waals surface area (Å²) in [6, 6.07) is 11.1. The second-order valence-corrected chi connectivity index (χ2v) is 6.02. The standard InChI is InChI=1S/C13H13ClN2O3S/c1-19-10-5-2-4-9(8-10)16-20(17,18)13-11(14)6-3-7-12(13)15/h2-8,16H,15H2,1H3. The Morgan fingerprint density at radius 1 is 1.20 bits per heavy atom. The lowest BCUT2D eigenvalue weighted by atomic mass is 10.3. The van der Waals surface area contributed by atoms with Gasteiger partial charge in [-0.3, -0.25) is 4.72 Å². The predicted octanol–water partition coefficient (Wildman–Crippen LogP) is 2.73. The van der Waals surface area contributed by atoms with Gasteiger partial charge in [-0.1, -0.05) is 23.7 Å². The van der Waals surface area contributed by atoms with Crippen molar-refractivity contribution in [1.29, 1.82) is 0 Å². The molecule has 0 aliphatic rings. The highest BCUT2D eigenvalue weighted by molar-refractivity contribution is 7.93. The fourth-order valence-corrected chi connectivity index (χ4v) is 3.43. The molecule has 0 saturated carbocycles. The van der Waals surface area contributed by atoms with Crippen molar-refractivity contribution in [1.82, 2.24) is 0 Å². The largest absolute Gasteiger partial charge is 0.497 e. The van der Waals surface area contributed by atoms with Gasteiger partial charge in [0.25, 0.3) is 10.0 Å². The minimum Gasteiger partial charge on any atom is -0.497 e. The second-order valence-electron chi connectivity index (χ2n) is 4.00. The topological polar surface area (TPSA) is 81.4 Å². The molecule has 2 aromatic rings. The highest BCUT2D eigenvalue weighted by Crippen LogP contribution is 2.29. The zero-order valence-corrected chi connectivity index (χ0v) is 12.2. The Morgan fingerprint density at radius 2 is 1.90 bits per heavy atom. The van der Waals surface area contributed by atoms with Crippen LogP contribution in [0.15, 0.2) is 47.4 Å². The Balaban J connectivity index is 2.41. The molecule has 0 aliphatic carbocycles. The lowest BCUT2D eigenvalue weighted by Gasteiger charge is -2.12. The predicted molar refractivity (Wildman–Crippen MR) is 79.7 cm³/mol. The fraction of sp³-hybridized carbons (Fsp3) is 0.0769. The number of sulfonamides is 1. The fourth-order valence-electron chi connectivity index (χ4n) is 1.70. The van der Waals surface area contributed by atoms with E-state index in [2.05, 4.69) is 4.72 Å². The van der Waals surface area contributed by atoms with Gasteiger partial charge in [0.05, 0.1) is 23.5 Å². The molecule has 7 heteroatoms. The molecule has 0 atom stereocenters. The number of methoxy groups -OCH3 is 1. The zero-order valence-electron chi connectivity index (χ0n) is 10.6. The number of rotatable bonds is 4. The summed E-state index contributed by atoms with van der Waals surface area (Å²) in [7, 11) is -2.36. The van der Waals surface area contributed by atoms with Crippen molar-refractivity contribution in [3.05, 3.63) is 47.5 Å². The molecule has 0 aromatic heterocycles. The van der Waals surface area contributed by atoms with Crippen molar-refractivity contribution in [3.8, 4) is 5.75 Å². The highest BCUT2D eigenvalue weighted by atomic mass is 35.5. The van der Waals surface area contributed by atoms with Crippen LogP contribution in [0.2, 0.25) is 5.02 Å². The van der Waals surface area contributed by atoms with Crippen LogP contribution in [-0.4, -0.2) is 15.5 Å². The molecular formula is C13H13ClN2O3S. The molecule has 106 valence electrons. The van der Waals surface area contributed by atoms with Gasteiger partial charge in [0.15, 0.2) is 0 Å². The molecule has 0 fully saturated rings. The van der Waals surface area contributed by atoms with E-state index in [0.717, 1.165) is 0 Å². The monoisotopic (exact) mass is 312 g/mol. The summed E-state index contributed by atoms with van der Waals surface area (Å²) in [5.74, 6) is 0.539. The van der Waals surface area contributed by atoms with E-state index in [9.17, 15) is 8.42 Å². The van der Waals surface area contributed by atoms with Crippen molar-refractivity contribution < 1.29 is 13.2 Å². The van der Waals surface area contributed by atoms with Crippen molar-refractivity contribution >= 4 is 33.0 Å². The third-order valence-electron chi connectivity index (χ3n) is 2.59. The van der Waals surface area contributed by atoms with Gasteiger partial charge in [-0.15, -0.1) is 0 Å². The smallest absolute Gasteiger partial charge is 0.265 e. The minimum absolute atomic E-state index is 0.0698. The number of nitrogen functional groups attached to an aromatic ring is 1. The average molecular weight is 313 g/mol. The van der Waals surface area contributed by atoms with Crippen LogP contribution < -0.4 is 15.2 Å². The lowest BCUT2D eigenvalue weighted by molar-refractivity contribution is 0.415.